The van der Waals surface area contributed by atoms with E-state index in [0.717, 1.165) is 44.6 Å². The minimum absolute atomic E-state index is 0.143. The second kappa shape index (κ2) is 13.0. The van der Waals surface area contributed by atoms with Crippen LogP contribution in [0.15, 0.2) is 217 Å². The van der Waals surface area contributed by atoms with Crippen molar-refractivity contribution < 1.29 is 4.42 Å². The van der Waals surface area contributed by atoms with Crippen molar-refractivity contribution in [2.24, 2.45) is 0 Å². The Hall–Kier alpha value is -7.42. The van der Waals surface area contributed by atoms with Gasteiger partial charge in [-0.15, -0.1) is 0 Å². The third-order valence-corrected chi connectivity index (χ3v) is 13.3. The Morgan fingerprint density at radius 3 is 1.63 bits per heavy atom. The van der Waals surface area contributed by atoms with Gasteiger partial charge in [-0.1, -0.05) is 172 Å². The fraction of sp³-hybridized carbons (Fsp3) is 0.0690. The predicted molar refractivity (Wildman–Crippen MR) is 249 cm³/mol. The van der Waals surface area contributed by atoms with Crippen LogP contribution >= 0.6 is 0 Å². The van der Waals surface area contributed by atoms with Gasteiger partial charge in [0.05, 0.1) is 5.41 Å². The van der Waals surface area contributed by atoms with Crippen LogP contribution in [0, 0.1) is 0 Å². The first-order valence-electron chi connectivity index (χ1n) is 20.9. The summed E-state index contributed by atoms with van der Waals surface area (Å²) < 4.78 is 6.45. The minimum Gasteiger partial charge on any atom is -0.456 e. The predicted octanol–water partition coefficient (Wildman–Crippen LogP) is 15.4. The first-order chi connectivity index (χ1) is 29.5. The SMILES string of the molecule is CC1(C)c2ccccc2C2(c3ccccc3-c3ccc(-c4cccc(N(c5ccc(-c6ccccc6)cc5)c5ccc6c(c5)oc5ccccc56)c4)cc32)c2ccccc21. The topological polar surface area (TPSA) is 16.4 Å². The van der Waals surface area contributed by atoms with Crippen LogP contribution in [0.3, 0.4) is 0 Å². The molecule has 0 saturated heterocycles. The number of para-hydroxylation sites is 1. The molecule has 0 fully saturated rings. The average Bonchev–Trinajstić information content (AvgIpc) is 3.82. The van der Waals surface area contributed by atoms with Gasteiger partial charge >= 0.3 is 0 Å². The van der Waals surface area contributed by atoms with Gasteiger partial charge in [-0.3, -0.25) is 0 Å². The zero-order valence-electron chi connectivity index (χ0n) is 33.6. The number of furan rings is 1. The normalized spacial score (nSPS) is 14.1. The lowest BCUT2D eigenvalue weighted by Gasteiger charge is -2.46. The lowest BCUT2D eigenvalue weighted by molar-refractivity contribution is 0.563. The number of anilines is 3. The number of hydrogen-bond acceptors (Lipinski definition) is 2. The van der Waals surface area contributed by atoms with Crippen LogP contribution in [0.1, 0.15) is 47.2 Å². The zero-order valence-corrected chi connectivity index (χ0v) is 33.6. The zero-order chi connectivity index (χ0) is 40.0. The van der Waals surface area contributed by atoms with E-state index in [2.05, 4.69) is 219 Å². The Morgan fingerprint density at radius 1 is 0.333 bits per heavy atom. The summed E-state index contributed by atoms with van der Waals surface area (Å²) in [4.78, 5) is 2.35. The molecule has 0 aliphatic heterocycles. The van der Waals surface area contributed by atoms with Crippen molar-refractivity contribution >= 4 is 39.0 Å². The summed E-state index contributed by atoms with van der Waals surface area (Å²) in [5.74, 6) is 0. The van der Waals surface area contributed by atoms with Crippen LogP contribution in [-0.2, 0) is 10.8 Å². The van der Waals surface area contributed by atoms with Crippen LogP contribution in [0.4, 0.5) is 17.1 Å². The molecule has 0 N–H and O–H groups in total. The maximum Gasteiger partial charge on any atom is 0.137 e. The Kier molecular flexibility index (Phi) is 7.52. The molecule has 12 rings (SSSR count). The van der Waals surface area contributed by atoms with Gasteiger partial charge in [0.15, 0.2) is 0 Å². The third kappa shape index (κ3) is 4.94. The lowest BCUT2D eigenvalue weighted by atomic mass is 9.55. The van der Waals surface area contributed by atoms with Crippen molar-refractivity contribution in [1.82, 2.24) is 0 Å². The van der Waals surface area contributed by atoms with Gasteiger partial charge in [0.25, 0.3) is 0 Å². The highest BCUT2D eigenvalue weighted by Crippen LogP contribution is 2.62. The monoisotopic (exact) mass is 767 g/mol. The standard InChI is InChI=1S/C58H41NO/c1-57(2)50-22-9-11-24-52(50)58(53-25-12-10-23-51(53)57)49-21-8-6-19-45(49)46-33-29-41(36-54(46)58)40-17-14-18-43(35-40)59(42-30-27-39(28-31-42)38-15-4-3-5-16-38)44-32-34-48-47-20-7-13-26-55(47)60-56(48)37-44/h3-37H,1-2H3. The molecule has 2 heteroatoms. The molecule has 0 bridgehead atoms. The Bertz CT molecular complexity index is 3250. The molecule has 0 saturated carbocycles. The minimum atomic E-state index is -0.448. The molecule has 60 heavy (non-hydrogen) atoms. The van der Waals surface area contributed by atoms with E-state index >= 15 is 0 Å². The van der Waals surface area contributed by atoms with E-state index in [0.29, 0.717) is 0 Å². The highest BCUT2D eigenvalue weighted by atomic mass is 16.3. The fourth-order valence-corrected chi connectivity index (χ4v) is 10.6. The van der Waals surface area contributed by atoms with E-state index in [1.807, 2.05) is 12.1 Å². The van der Waals surface area contributed by atoms with Gasteiger partial charge in [-0.25, -0.2) is 0 Å². The Balaban J connectivity index is 1.04. The molecule has 1 heterocycles. The number of nitrogens with zero attached hydrogens (tertiary/aromatic N) is 1. The molecule has 0 radical (unpaired) electrons. The summed E-state index contributed by atoms with van der Waals surface area (Å²) in [6, 6.07) is 78.0. The second-order valence-corrected chi connectivity index (χ2v) is 16.8. The van der Waals surface area contributed by atoms with Crippen LogP contribution < -0.4 is 4.90 Å². The summed E-state index contributed by atoms with van der Waals surface area (Å²) >= 11 is 0. The van der Waals surface area contributed by atoms with E-state index in [1.165, 1.54) is 61.2 Å². The molecule has 0 unspecified atom stereocenters. The summed E-state index contributed by atoms with van der Waals surface area (Å²) in [7, 11) is 0. The van der Waals surface area contributed by atoms with E-state index < -0.39 is 5.41 Å². The molecular formula is C58H41NO. The Labute approximate surface area is 350 Å². The van der Waals surface area contributed by atoms with Gasteiger partial charge in [-0.05, 0) is 115 Å². The molecule has 284 valence electrons. The largest absolute Gasteiger partial charge is 0.456 e. The number of benzene rings is 9. The van der Waals surface area contributed by atoms with E-state index in [4.69, 9.17) is 4.42 Å². The quantitative estimate of drug-likeness (QED) is 0.173. The first kappa shape index (κ1) is 34.6. The van der Waals surface area contributed by atoms with E-state index in [9.17, 15) is 0 Å². The molecule has 2 aliphatic rings. The van der Waals surface area contributed by atoms with Gasteiger partial charge in [0.2, 0.25) is 0 Å². The van der Waals surface area contributed by atoms with E-state index in [-0.39, 0.29) is 5.41 Å². The molecule has 0 atom stereocenters. The number of hydrogen-bond donors (Lipinski definition) is 0. The first-order valence-corrected chi connectivity index (χ1v) is 20.9. The van der Waals surface area contributed by atoms with Gasteiger partial charge < -0.3 is 9.32 Å². The summed E-state index contributed by atoms with van der Waals surface area (Å²) in [5, 5.41) is 2.24. The molecular weight excluding hydrogens is 727 g/mol. The van der Waals surface area contributed by atoms with Gasteiger partial charge in [0, 0.05) is 39.3 Å². The lowest BCUT2D eigenvalue weighted by Crippen LogP contribution is -2.40. The fourth-order valence-electron chi connectivity index (χ4n) is 10.6. The highest BCUT2D eigenvalue weighted by molar-refractivity contribution is 6.06. The van der Waals surface area contributed by atoms with Crippen molar-refractivity contribution in [2.75, 3.05) is 4.90 Å². The Morgan fingerprint density at radius 2 is 0.867 bits per heavy atom. The maximum absolute atomic E-state index is 6.45. The molecule has 2 aliphatic carbocycles. The van der Waals surface area contributed by atoms with Crippen LogP contribution in [0.2, 0.25) is 0 Å². The number of rotatable bonds is 5. The molecule has 0 amide bonds. The van der Waals surface area contributed by atoms with Crippen molar-refractivity contribution in [3.05, 3.63) is 246 Å². The van der Waals surface area contributed by atoms with Crippen LogP contribution in [-0.4, -0.2) is 0 Å². The molecule has 1 aromatic heterocycles. The van der Waals surface area contributed by atoms with Crippen molar-refractivity contribution in [3.63, 3.8) is 0 Å². The van der Waals surface area contributed by atoms with Crippen molar-refractivity contribution in [3.8, 4) is 33.4 Å². The van der Waals surface area contributed by atoms with E-state index in [1.54, 1.807) is 0 Å². The van der Waals surface area contributed by atoms with Crippen LogP contribution in [0.25, 0.3) is 55.3 Å². The number of fused-ring (bicyclic) bond motifs is 12. The second-order valence-electron chi connectivity index (χ2n) is 16.8. The van der Waals surface area contributed by atoms with Gasteiger partial charge in [-0.2, -0.15) is 0 Å². The molecule has 1 spiro atoms. The third-order valence-electron chi connectivity index (χ3n) is 13.3. The molecule has 9 aromatic carbocycles. The maximum atomic E-state index is 6.45. The molecule has 10 aromatic rings. The summed E-state index contributed by atoms with van der Waals surface area (Å²) in [6.45, 7) is 4.77. The average molecular weight is 768 g/mol. The summed E-state index contributed by atoms with van der Waals surface area (Å²) in [6.07, 6.45) is 0. The van der Waals surface area contributed by atoms with Gasteiger partial charge in [0.1, 0.15) is 11.2 Å². The smallest absolute Gasteiger partial charge is 0.137 e. The van der Waals surface area contributed by atoms with Crippen molar-refractivity contribution in [1.29, 1.82) is 0 Å². The van der Waals surface area contributed by atoms with Crippen LogP contribution in [0.5, 0.6) is 0 Å². The van der Waals surface area contributed by atoms with Crippen molar-refractivity contribution in [2.45, 2.75) is 24.7 Å². The summed E-state index contributed by atoms with van der Waals surface area (Å²) in [5.41, 5.74) is 19.9. The molecule has 2 nitrogen and oxygen atoms in total. The highest BCUT2D eigenvalue weighted by Gasteiger charge is 2.53.